The SMILES string of the molecule is Cc1sc2nc(SCCCC#N)[nH]c(=O)c2c1-c1ccc(Cl)c(Cl)c1. The van der Waals surface area contributed by atoms with Crippen molar-refractivity contribution in [1.82, 2.24) is 9.97 Å². The van der Waals surface area contributed by atoms with Gasteiger partial charge in [0.2, 0.25) is 0 Å². The van der Waals surface area contributed by atoms with Crippen molar-refractivity contribution in [3.63, 3.8) is 0 Å². The Hall–Kier alpha value is -1.52. The summed E-state index contributed by atoms with van der Waals surface area (Å²) >= 11 is 15.1. The second-order valence-electron chi connectivity index (χ2n) is 5.32. The van der Waals surface area contributed by atoms with Crippen LogP contribution in [0.1, 0.15) is 17.7 Å². The molecule has 4 nitrogen and oxygen atoms in total. The molecular weight excluding hydrogens is 397 g/mol. The largest absolute Gasteiger partial charge is 0.301 e. The number of aromatic amines is 1. The maximum Gasteiger partial charge on any atom is 0.260 e. The first-order valence-electron chi connectivity index (χ1n) is 7.50. The van der Waals surface area contributed by atoms with Crippen molar-refractivity contribution in [2.45, 2.75) is 24.9 Å². The molecule has 8 heteroatoms. The van der Waals surface area contributed by atoms with E-state index in [9.17, 15) is 4.79 Å². The maximum absolute atomic E-state index is 12.6. The topological polar surface area (TPSA) is 69.5 Å². The van der Waals surface area contributed by atoms with Gasteiger partial charge in [0.1, 0.15) is 4.83 Å². The molecule has 0 spiro atoms. The second kappa shape index (κ2) is 7.79. The van der Waals surface area contributed by atoms with E-state index >= 15 is 0 Å². The Bertz CT molecular complexity index is 1040. The minimum atomic E-state index is -0.168. The monoisotopic (exact) mass is 409 g/mol. The molecule has 0 bridgehead atoms. The van der Waals surface area contributed by atoms with Crippen molar-refractivity contribution in [1.29, 1.82) is 5.26 Å². The van der Waals surface area contributed by atoms with Gasteiger partial charge in [0.05, 0.1) is 21.5 Å². The average molecular weight is 410 g/mol. The van der Waals surface area contributed by atoms with Crippen LogP contribution in [0.2, 0.25) is 10.0 Å². The van der Waals surface area contributed by atoms with Crippen molar-refractivity contribution in [3.8, 4) is 17.2 Å². The maximum atomic E-state index is 12.6. The molecule has 1 N–H and O–H groups in total. The van der Waals surface area contributed by atoms with Gasteiger partial charge in [0, 0.05) is 22.6 Å². The molecule has 0 aliphatic carbocycles. The number of unbranched alkanes of at least 4 members (excludes halogenated alkanes) is 1. The van der Waals surface area contributed by atoms with Crippen molar-refractivity contribution in [2.24, 2.45) is 0 Å². The molecule has 0 fully saturated rings. The summed E-state index contributed by atoms with van der Waals surface area (Å²) in [7, 11) is 0. The number of nitriles is 1. The number of aryl methyl sites for hydroxylation is 1. The van der Waals surface area contributed by atoms with Crippen LogP contribution in [0.25, 0.3) is 21.3 Å². The summed E-state index contributed by atoms with van der Waals surface area (Å²) < 4.78 is 0. The molecule has 3 aromatic rings. The average Bonchev–Trinajstić information content (AvgIpc) is 2.91. The molecule has 0 unspecified atom stereocenters. The number of thioether (sulfide) groups is 1. The molecular formula is C17H13Cl2N3OS2. The van der Waals surface area contributed by atoms with Crippen molar-refractivity contribution >= 4 is 56.5 Å². The standard InChI is InChI=1S/C17H13Cl2N3OS2/c1-9-13(10-4-5-11(18)12(19)8-10)14-15(23)21-17(22-16(14)25-9)24-7-3-2-6-20/h4-5,8H,2-3,7H2,1H3,(H,21,22,23). The van der Waals surface area contributed by atoms with E-state index in [2.05, 4.69) is 16.0 Å². The van der Waals surface area contributed by atoms with E-state index < -0.39 is 0 Å². The summed E-state index contributed by atoms with van der Waals surface area (Å²) in [5.41, 5.74) is 1.52. The van der Waals surface area contributed by atoms with E-state index in [1.807, 2.05) is 13.0 Å². The van der Waals surface area contributed by atoms with Crippen LogP contribution in [-0.2, 0) is 0 Å². The summed E-state index contributed by atoms with van der Waals surface area (Å²) in [6, 6.07) is 7.45. The van der Waals surface area contributed by atoms with E-state index in [0.717, 1.165) is 28.2 Å². The number of aromatic nitrogens is 2. The molecule has 0 atom stereocenters. The molecule has 0 aliphatic rings. The van der Waals surface area contributed by atoms with Gasteiger partial charge in [0.25, 0.3) is 5.56 Å². The molecule has 1 aromatic carbocycles. The summed E-state index contributed by atoms with van der Waals surface area (Å²) in [5.74, 6) is 0.742. The first-order chi connectivity index (χ1) is 12.0. The lowest BCUT2D eigenvalue weighted by molar-refractivity contribution is 0.951. The molecule has 3 rings (SSSR count). The van der Waals surface area contributed by atoms with Crippen LogP contribution >= 0.6 is 46.3 Å². The van der Waals surface area contributed by atoms with E-state index in [0.29, 0.717) is 31.8 Å². The minimum Gasteiger partial charge on any atom is -0.301 e. The molecule has 0 aliphatic heterocycles. The molecule has 0 saturated carbocycles. The predicted octanol–water partition coefficient (Wildman–Crippen LogP) is 5.66. The normalized spacial score (nSPS) is 11.0. The minimum absolute atomic E-state index is 0.168. The Kier molecular flexibility index (Phi) is 5.70. The van der Waals surface area contributed by atoms with Crippen molar-refractivity contribution < 1.29 is 0 Å². The molecule has 2 aromatic heterocycles. The van der Waals surface area contributed by atoms with E-state index in [1.54, 1.807) is 12.1 Å². The summed E-state index contributed by atoms with van der Waals surface area (Å²) in [6.07, 6.45) is 1.26. The van der Waals surface area contributed by atoms with Gasteiger partial charge >= 0.3 is 0 Å². The highest BCUT2D eigenvalue weighted by Crippen LogP contribution is 2.38. The van der Waals surface area contributed by atoms with Crippen LogP contribution in [0.15, 0.2) is 28.2 Å². The van der Waals surface area contributed by atoms with Crippen LogP contribution in [0.5, 0.6) is 0 Å². The van der Waals surface area contributed by atoms with Crippen LogP contribution < -0.4 is 5.56 Å². The van der Waals surface area contributed by atoms with Crippen LogP contribution in [0, 0.1) is 18.3 Å². The van der Waals surface area contributed by atoms with Gasteiger partial charge in [-0.3, -0.25) is 4.79 Å². The zero-order valence-electron chi connectivity index (χ0n) is 13.2. The van der Waals surface area contributed by atoms with E-state index in [4.69, 9.17) is 28.5 Å². The molecule has 128 valence electrons. The van der Waals surface area contributed by atoms with Gasteiger partial charge in [-0.15, -0.1) is 11.3 Å². The highest BCUT2D eigenvalue weighted by molar-refractivity contribution is 7.99. The smallest absolute Gasteiger partial charge is 0.260 e. The number of hydrogen-bond acceptors (Lipinski definition) is 5. The Morgan fingerprint density at radius 3 is 2.88 bits per heavy atom. The number of thiophene rings is 1. The van der Waals surface area contributed by atoms with E-state index in [1.165, 1.54) is 23.1 Å². The third-order valence-corrected chi connectivity index (χ3v) is 6.29. The van der Waals surface area contributed by atoms with E-state index in [-0.39, 0.29) is 5.56 Å². The van der Waals surface area contributed by atoms with Gasteiger partial charge in [-0.1, -0.05) is 41.0 Å². The quantitative estimate of drug-likeness (QED) is 0.335. The van der Waals surface area contributed by atoms with Crippen LogP contribution in [0.4, 0.5) is 0 Å². The van der Waals surface area contributed by atoms with Gasteiger partial charge < -0.3 is 4.98 Å². The molecule has 2 heterocycles. The molecule has 0 saturated heterocycles. The van der Waals surface area contributed by atoms with Crippen molar-refractivity contribution in [2.75, 3.05) is 5.75 Å². The van der Waals surface area contributed by atoms with Gasteiger partial charge in [-0.2, -0.15) is 5.26 Å². The number of fused-ring (bicyclic) bond motifs is 1. The molecule has 0 radical (unpaired) electrons. The lowest BCUT2D eigenvalue weighted by Gasteiger charge is -2.04. The fourth-order valence-corrected chi connectivity index (χ4v) is 4.69. The third-order valence-electron chi connectivity index (χ3n) is 3.60. The molecule has 0 amide bonds. The van der Waals surface area contributed by atoms with Crippen LogP contribution in [0.3, 0.4) is 0 Å². The first kappa shape index (κ1) is 18.3. The number of rotatable bonds is 5. The van der Waals surface area contributed by atoms with Gasteiger partial charge in [-0.25, -0.2) is 4.98 Å². The second-order valence-corrected chi connectivity index (χ2v) is 8.42. The number of hydrogen-bond donors (Lipinski definition) is 1. The van der Waals surface area contributed by atoms with Gasteiger partial charge in [0.15, 0.2) is 5.16 Å². The summed E-state index contributed by atoms with van der Waals surface area (Å²) in [4.78, 5) is 21.7. The first-order valence-corrected chi connectivity index (χ1v) is 10.1. The summed E-state index contributed by atoms with van der Waals surface area (Å²) in [6.45, 7) is 1.96. The fraction of sp³-hybridized carbons (Fsp3) is 0.235. The highest BCUT2D eigenvalue weighted by atomic mass is 35.5. The predicted molar refractivity (Wildman–Crippen MR) is 106 cm³/mol. The number of nitrogens with one attached hydrogen (secondary N) is 1. The van der Waals surface area contributed by atoms with Crippen molar-refractivity contribution in [3.05, 3.63) is 43.5 Å². The number of H-pyrrole nitrogens is 1. The Labute approximate surface area is 162 Å². The molecule has 25 heavy (non-hydrogen) atoms. The highest BCUT2D eigenvalue weighted by Gasteiger charge is 2.17. The van der Waals surface area contributed by atoms with Crippen LogP contribution in [-0.4, -0.2) is 15.7 Å². The Morgan fingerprint density at radius 1 is 1.36 bits per heavy atom. The zero-order chi connectivity index (χ0) is 18.0. The Morgan fingerprint density at radius 2 is 2.16 bits per heavy atom. The van der Waals surface area contributed by atoms with Gasteiger partial charge in [-0.05, 0) is 31.0 Å². The number of nitrogens with zero attached hydrogens (tertiary/aromatic N) is 2. The number of benzene rings is 1. The lowest BCUT2D eigenvalue weighted by Crippen LogP contribution is -2.08. The Balaban J connectivity index is 2.04. The fourth-order valence-electron chi connectivity index (χ4n) is 2.49. The third kappa shape index (κ3) is 3.85. The summed E-state index contributed by atoms with van der Waals surface area (Å²) in [5, 5.41) is 10.7. The zero-order valence-corrected chi connectivity index (χ0v) is 16.4. The number of halogens is 2. The lowest BCUT2D eigenvalue weighted by atomic mass is 10.0.